The number of nitrogens with zero attached hydrogens (tertiary/aromatic N) is 2. The van der Waals surface area contributed by atoms with E-state index in [2.05, 4.69) is 21.0 Å². The predicted molar refractivity (Wildman–Crippen MR) is 103 cm³/mol. The predicted octanol–water partition coefficient (Wildman–Crippen LogP) is 1.75. The highest BCUT2D eigenvalue weighted by molar-refractivity contribution is 5.92. The lowest BCUT2D eigenvalue weighted by molar-refractivity contribution is -0.119. The molecule has 0 bridgehead atoms. The molecule has 3 N–H and O–H groups in total. The Bertz CT molecular complexity index is 717. The Hall–Kier alpha value is -2.58. The molecule has 9 heteroatoms. The minimum absolute atomic E-state index is 0. The zero-order valence-corrected chi connectivity index (χ0v) is 15.8. The molecule has 0 saturated carbocycles. The summed E-state index contributed by atoms with van der Waals surface area (Å²) in [5.41, 5.74) is 1.23. The second kappa shape index (κ2) is 10.4. The number of halogens is 1. The van der Waals surface area contributed by atoms with Crippen LogP contribution in [0.25, 0.3) is 0 Å². The van der Waals surface area contributed by atoms with Crippen LogP contribution in [-0.2, 0) is 16.1 Å². The molecule has 2 rings (SSSR count). The lowest BCUT2D eigenvalue weighted by atomic mass is 10.1. The van der Waals surface area contributed by atoms with Gasteiger partial charge in [0.05, 0.1) is 19.0 Å². The highest BCUT2D eigenvalue weighted by Crippen LogP contribution is 2.15. The van der Waals surface area contributed by atoms with Crippen molar-refractivity contribution in [2.45, 2.75) is 13.5 Å². The maximum absolute atomic E-state index is 12.1. The number of hydrogen-bond acceptors (Lipinski definition) is 5. The van der Waals surface area contributed by atoms with Gasteiger partial charge in [-0.05, 0) is 31.3 Å². The first-order valence-corrected chi connectivity index (χ1v) is 7.93. The number of carbonyl (C=O) groups excluding carboxylic acids is 2. The first-order valence-electron chi connectivity index (χ1n) is 7.93. The molecule has 0 fully saturated rings. The maximum atomic E-state index is 12.1. The van der Waals surface area contributed by atoms with E-state index < -0.39 is 0 Å². The van der Waals surface area contributed by atoms with Gasteiger partial charge in [0.15, 0.2) is 0 Å². The summed E-state index contributed by atoms with van der Waals surface area (Å²) in [4.78, 5) is 24.0. The summed E-state index contributed by atoms with van der Waals surface area (Å²) in [6.07, 6.45) is 3.14. The van der Waals surface area contributed by atoms with Gasteiger partial charge >= 0.3 is 0 Å². The summed E-state index contributed by atoms with van der Waals surface area (Å²) in [6.45, 7) is 2.47. The number of methoxy groups -OCH3 is 1. The number of benzene rings is 1. The molecule has 142 valence electrons. The highest BCUT2D eigenvalue weighted by atomic mass is 35.5. The van der Waals surface area contributed by atoms with Gasteiger partial charge in [0.1, 0.15) is 12.3 Å². The number of aromatic nitrogens is 2. The smallest absolute Gasteiger partial charge is 0.246 e. The number of rotatable bonds is 8. The van der Waals surface area contributed by atoms with Crippen LogP contribution in [0.3, 0.4) is 0 Å². The second-order valence-electron chi connectivity index (χ2n) is 5.65. The van der Waals surface area contributed by atoms with Crippen LogP contribution in [0.1, 0.15) is 6.92 Å². The lowest BCUT2D eigenvalue weighted by Gasteiger charge is -2.09. The highest BCUT2D eigenvalue weighted by Gasteiger charge is 2.13. The van der Waals surface area contributed by atoms with E-state index in [1.807, 2.05) is 6.92 Å². The third-order valence-electron chi connectivity index (χ3n) is 3.54. The van der Waals surface area contributed by atoms with Crippen molar-refractivity contribution >= 4 is 35.6 Å². The Labute approximate surface area is 158 Å². The molecule has 1 atom stereocenters. The van der Waals surface area contributed by atoms with Crippen molar-refractivity contribution in [2.24, 2.45) is 5.92 Å². The number of carbonyl (C=O) groups is 2. The molecule has 0 aliphatic carbocycles. The Kier molecular flexibility index (Phi) is 8.60. The molecule has 8 nitrogen and oxygen atoms in total. The minimum Gasteiger partial charge on any atom is -0.497 e. The van der Waals surface area contributed by atoms with Gasteiger partial charge in [-0.2, -0.15) is 5.10 Å². The quantitative estimate of drug-likeness (QED) is 0.647. The van der Waals surface area contributed by atoms with Gasteiger partial charge in [-0.25, -0.2) is 0 Å². The first-order chi connectivity index (χ1) is 12.0. The van der Waals surface area contributed by atoms with Gasteiger partial charge in [0.2, 0.25) is 11.8 Å². The van der Waals surface area contributed by atoms with Gasteiger partial charge in [-0.1, -0.05) is 6.92 Å². The Morgan fingerprint density at radius 1 is 1.19 bits per heavy atom. The molecule has 0 aliphatic heterocycles. The van der Waals surface area contributed by atoms with Crippen molar-refractivity contribution in [2.75, 3.05) is 31.3 Å². The lowest BCUT2D eigenvalue weighted by Crippen LogP contribution is -2.28. The summed E-state index contributed by atoms with van der Waals surface area (Å²) in [5.74, 6) is 0.246. The third kappa shape index (κ3) is 6.38. The van der Waals surface area contributed by atoms with Crippen molar-refractivity contribution in [3.63, 3.8) is 0 Å². The summed E-state index contributed by atoms with van der Waals surface area (Å²) in [7, 11) is 3.38. The SMILES string of the molecule is CNCC(C)C(=O)Nc1cnn(CC(=O)Nc2ccc(OC)cc2)c1.Cl. The van der Waals surface area contributed by atoms with Gasteiger partial charge in [0, 0.05) is 24.3 Å². The van der Waals surface area contributed by atoms with Crippen molar-refractivity contribution in [1.82, 2.24) is 15.1 Å². The molecule has 1 unspecified atom stereocenters. The summed E-state index contributed by atoms with van der Waals surface area (Å²) in [6, 6.07) is 7.05. The molecule has 1 heterocycles. The van der Waals surface area contributed by atoms with Crippen LogP contribution < -0.4 is 20.7 Å². The Balaban J connectivity index is 0.00000338. The summed E-state index contributed by atoms with van der Waals surface area (Å²) < 4.78 is 6.54. The number of nitrogens with one attached hydrogen (secondary N) is 3. The van der Waals surface area contributed by atoms with Crippen molar-refractivity contribution in [3.8, 4) is 5.75 Å². The zero-order valence-electron chi connectivity index (χ0n) is 15.0. The van der Waals surface area contributed by atoms with Gasteiger partial charge in [-0.3, -0.25) is 14.3 Å². The molecular weight excluding hydrogens is 358 g/mol. The molecule has 0 spiro atoms. The number of amides is 2. The molecule has 2 amide bonds. The molecule has 0 aliphatic rings. The van der Waals surface area contributed by atoms with Crippen LogP contribution in [0, 0.1) is 5.92 Å². The van der Waals surface area contributed by atoms with Crippen molar-refractivity contribution in [1.29, 1.82) is 0 Å². The van der Waals surface area contributed by atoms with E-state index in [1.54, 1.807) is 44.6 Å². The van der Waals surface area contributed by atoms with Crippen molar-refractivity contribution in [3.05, 3.63) is 36.7 Å². The standard InChI is InChI=1S/C17H23N5O3.ClH/c1-12(8-18-2)17(24)21-14-9-19-22(10-14)11-16(23)20-13-4-6-15(25-3)7-5-13;/h4-7,9-10,12,18H,8,11H2,1-3H3,(H,20,23)(H,21,24);1H. The van der Waals surface area contributed by atoms with Crippen LogP contribution >= 0.6 is 12.4 Å². The first kappa shape index (κ1) is 21.5. The van der Waals surface area contributed by atoms with E-state index in [0.29, 0.717) is 17.9 Å². The largest absolute Gasteiger partial charge is 0.497 e. The van der Waals surface area contributed by atoms with E-state index in [4.69, 9.17) is 4.74 Å². The van der Waals surface area contributed by atoms with Gasteiger partial charge < -0.3 is 20.7 Å². The fourth-order valence-corrected chi connectivity index (χ4v) is 2.20. The fraction of sp³-hybridized carbons (Fsp3) is 0.353. The number of anilines is 2. The number of ether oxygens (including phenoxy) is 1. The molecule has 0 radical (unpaired) electrons. The van der Waals surface area contributed by atoms with Gasteiger partial charge in [-0.15, -0.1) is 12.4 Å². The molecular formula is C17H24ClN5O3. The molecule has 1 aromatic carbocycles. The zero-order chi connectivity index (χ0) is 18.2. The van der Waals surface area contributed by atoms with Crippen LogP contribution in [0.15, 0.2) is 36.7 Å². The topological polar surface area (TPSA) is 97.3 Å². The number of hydrogen-bond donors (Lipinski definition) is 3. The average molecular weight is 382 g/mol. The maximum Gasteiger partial charge on any atom is 0.246 e. The second-order valence-corrected chi connectivity index (χ2v) is 5.65. The normalized spacial score (nSPS) is 11.2. The monoisotopic (exact) mass is 381 g/mol. The fourth-order valence-electron chi connectivity index (χ4n) is 2.20. The van der Waals surface area contributed by atoms with E-state index in [1.165, 1.54) is 10.9 Å². The molecule has 0 saturated heterocycles. The van der Waals surface area contributed by atoms with Crippen LogP contribution in [0.2, 0.25) is 0 Å². The minimum atomic E-state index is -0.213. The average Bonchev–Trinajstić information content (AvgIpc) is 3.02. The summed E-state index contributed by atoms with van der Waals surface area (Å²) in [5, 5.41) is 12.6. The van der Waals surface area contributed by atoms with E-state index >= 15 is 0 Å². The molecule has 26 heavy (non-hydrogen) atoms. The molecule has 2 aromatic rings. The van der Waals surface area contributed by atoms with E-state index in [9.17, 15) is 9.59 Å². The van der Waals surface area contributed by atoms with Crippen LogP contribution in [0.5, 0.6) is 5.75 Å². The Morgan fingerprint density at radius 2 is 1.88 bits per heavy atom. The summed E-state index contributed by atoms with van der Waals surface area (Å²) >= 11 is 0. The molecule has 1 aromatic heterocycles. The Morgan fingerprint density at radius 3 is 2.50 bits per heavy atom. The van der Waals surface area contributed by atoms with Crippen molar-refractivity contribution < 1.29 is 14.3 Å². The van der Waals surface area contributed by atoms with Gasteiger partial charge in [0.25, 0.3) is 0 Å². The van der Waals surface area contributed by atoms with Crippen LogP contribution in [0.4, 0.5) is 11.4 Å². The third-order valence-corrected chi connectivity index (χ3v) is 3.54. The van der Waals surface area contributed by atoms with E-state index in [0.717, 1.165) is 5.75 Å². The van der Waals surface area contributed by atoms with Crippen LogP contribution in [-0.4, -0.2) is 42.3 Å². The van der Waals surface area contributed by atoms with E-state index in [-0.39, 0.29) is 36.7 Å².